The van der Waals surface area contributed by atoms with Gasteiger partial charge in [-0.25, -0.2) is 0 Å². The summed E-state index contributed by atoms with van der Waals surface area (Å²) in [6, 6.07) is 6.34. The van der Waals surface area contributed by atoms with Crippen molar-refractivity contribution in [3.05, 3.63) is 28.2 Å². The summed E-state index contributed by atoms with van der Waals surface area (Å²) in [6.07, 6.45) is 2.09. The quantitative estimate of drug-likeness (QED) is 0.562. The molecule has 0 aliphatic heterocycles. The number of benzene rings is 1. The van der Waals surface area contributed by atoms with Crippen molar-refractivity contribution >= 4 is 27.5 Å². The fourth-order valence-corrected chi connectivity index (χ4v) is 3.01. The van der Waals surface area contributed by atoms with Crippen molar-refractivity contribution < 1.29 is 4.74 Å². The highest BCUT2D eigenvalue weighted by atomic mass is 79.9. The minimum absolute atomic E-state index is 0.0841. The second-order valence-corrected chi connectivity index (χ2v) is 5.56. The molecule has 0 unspecified atom stereocenters. The van der Waals surface area contributed by atoms with E-state index in [0.29, 0.717) is 12.6 Å². The molecule has 20 heavy (non-hydrogen) atoms. The van der Waals surface area contributed by atoms with Crippen LogP contribution in [0.25, 0.3) is 0 Å². The Kier molecular flexibility index (Phi) is 7.02. The summed E-state index contributed by atoms with van der Waals surface area (Å²) in [5.74, 6) is 0.0841. The van der Waals surface area contributed by atoms with Gasteiger partial charge in [0.1, 0.15) is 5.84 Å². The smallest absolute Gasteiger partial charge is 0.126 e. The van der Waals surface area contributed by atoms with Crippen LogP contribution in [-0.2, 0) is 4.74 Å². The van der Waals surface area contributed by atoms with Gasteiger partial charge in [-0.1, -0.05) is 19.9 Å². The fraction of sp³-hybridized carbons (Fsp3) is 0.533. The lowest BCUT2D eigenvalue weighted by molar-refractivity contribution is 0.202. The third kappa shape index (κ3) is 3.96. The van der Waals surface area contributed by atoms with Crippen LogP contribution in [0.3, 0.4) is 0 Å². The van der Waals surface area contributed by atoms with Gasteiger partial charge >= 0.3 is 0 Å². The van der Waals surface area contributed by atoms with Crippen molar-refractivity contribution in [1.29, 1.82) is 5.41 Å². The van der Waals surface area contributed by atoms with Crippen LogP contribution in [-0.4, -0.2) is 32.1 Å². The number of ether oxygens (including phenoxy) is 1. The van der Waals surface area contributed by atoms with Crippen LogP contribution < -0.4 is 10.6 Å². The number of nitrogens with two attached hydrogens (primary N) is 1. The molecule has 1 aromatic carbocycles. The van der Waals surface area contributed by atoms with E-state index in [1.165, 1.54) is 0 Å². The third-order valence-corrected chi connectivity index (χ3v) is 4.15. The summed E-state index contributed by atoms with van der Waals surface area (Å²) in [4.78, 5) is 2.30. The van der Waals surface area contributed by atoms with Gasteiger partial charge in [0.05, 0.1) is 12.2 Å². The Labute approximate surface area is 129 Å². The number of hydrogen-bond donors (Lipinski definition) is 2. The molecule has 0 saturated carbocycles. The van der Waals surface area contributed by atoms with E-state index in [-0.39, 0.29) is 5.84 Å². The summed E-state index contributed by atoms with van der Waals surface area (Å²) >= 11 is 3.50. The van der Waals surface area contributed by atoms with Gasteiger partial charge in [-0.3, -0.25) is 5.41 Å². The molecule has 0 heterocycles. The molecule has 0 saturated heterocycles. The Bertz CT molecular complexity index is 447. The second-order valence-electron chi connectivity index (χ2n) is 4.70. The van der Waals surface area contributed by atoms with Crippen LogP contribution >= 0.6 is 15.9 Å². The number of methoxy groups -OCH3 is 1. The Balaban J connectivity index is 3.25. The Morgan fingerprint density at radius 2 is 2.05 bits per heavy atom. The first kappa shape index (κ1) is 17.0. The molecule has 112 valence electrons. The average molecular weight is 342 g/mol. The van der Waals surface area contributed by atoms with Crippen molar-refractivity contribution in [3.63, 3.8) is 0 Å². The number of anilines is 1. The summed E-state index contributed by atoms with van der Waals surface area (Å²) < 4.78 is 6.08. The fourth-order valence-electron chi connectivity index (χ4n) is 2.44. The van der Waals surface area contributed by atoms with Gasteiger partial charge in [-0.15, -0.1) is 0 Å². The molecular formula is C15H24BrN3O. The third-order valence-electron chi connectivity index (χ3n) is 3.49. The lowest BCUT2D eigenvalue weighted by Gasteiger charge is -2.34. The zero-order chi connectivity index (χ0) is 15.1. The molecule has 0 bridgehead atoms. The van der Waals surface area contributed by atoms with Gasteiger partial charge in [0, 0.05) is 29.9 Å². The Hall–Kier alpha value is -1.07. The van der Waals surface area contributed by atoms with E-state index in [2.05, 4.69) is 34.7 Å². The van der Waals surface area contributed by atoms with E-state index < -0.39 is 0 Å². The zero-order valence-corrected chi connectivity index (χ0v) is 14.0. The number of nitrogen functional groups attached to an aromatic ring is 1. The van der Waals surface area contributed by atoms with Gasteiger partial charge in [0.2, 0.25) is 0 Å². The molecule has 0 atom stereocenters. The van der Waals surface area contributed by atoms with Gasteiger partial charge in [0.15, 0.2) is 0 Å². The van der Waals surface area contributed by atoms with Crippen LogP contribution in [0, 0.1) is 5.41 Å². The SMILES string of the molecule is CCC(CC)N(CCOC)c1cccc(Br)c1C(=N)N. The predicted molar refractivity (Wildman–Crippen MR) is 88.8 cm³/mol. The summed E-state index contributed by atoms with van der Waals surface area (Å²) in [5, 5.41) is 7.83. The Morgan fingerprint density at radius 1 is 1.40 bits per heavy atom. The first-order chi connectivity index (χ1) is 9.56. The number of amidine groups is 1. The topological polar surface area (TPSA) is 62.3 Å². The Morgan fingerprint density at radius 3 is 2.55 bits per heavy atom. The molecule has 0 fully saturated rings. The van der Waals surface area contributed by atoms with Crippen LogP contribution in [0.1, 0.15) is 32.3 Å². The van der Waals surface area contributed by atoms with Gasteiger partial charge in [-0.05, 0) is 40.9 Å². The molecule has 1 aromatic rings. The van der Waals surface area contributed by atoms with Gasteiger partial charge in [0.25, 0.3) is 0 Å². The van der Waals surface area contributed by atoms with E-state index in [4.69, 9.17) is 15.9 Å². The molecule has 4 nitrogen and oxygen atoms in total. The van der Waals surface area contributed by atoms with Crippen LogP contribution in [0.2, 0.25) is 0 Å². The number of hydrogen-bond acceptors (Lipinski definition) is 3. The van der Waals surface area contributed by atoms with Crippen molar-refractivity contribution in [3.8, 4) is 0 Å². The summed E-state index contributed by atoms with van der Waals surface area (Å²) in [5.41, 5.74) is 7.52. The lowest BCUT2D eigenvalue weighted by atomic mass is 10.1. The monoisotopic (exact) mass is 341 g/mol. The number of nitrogens with zero attached hydrogens (tertiary/aromatic N) is 1. The predicted octanol–water partition coefficient (Wildman–Crippen LogP) is 3.37. The molecule has 0 spiro atoms. The summed E-state index contributed by atoms with van der Waals surface area (Å²) in [7, 11) is 1.71. The van der Waals surface area contributed by atoms with Crippen molar-refractivity contribution in [2.24, 2.45) is 5.73 Å². The standard InChI is InChI=1S/C15H24BrN3O/c1-4-11(5-2)19(9-10-20-3)13-8-6-7-12(16)14(13)15(17)18/h6-8,11H,4-5,9-10H2,1-3H3,(H3,17,18). The van der Waals surface area contributed by atoms with Crippen molar-refractivity contribution in [1.82, 2.24) is 0 Å². The minimum atomic E-state index is 0.0841. The van der Waals surface area contributed by atoms with E-state index in [0.717, 1.165) is 35.1 Å². The number of rotatable bonds is 8. The van der Waals surface area contributed by atoms with Gasteiger partial charge in [-0.2, -0.15) is 0 Å². The van der Waals surface area contributed by atoms with Crippen LogP contribution in [0.4, 0.5) is 5.69 Å². The van der Waals surface area contributed by atoms with E-state index >= 15 is 0 Å². The molecule has 3 N–H and O–H groups in total. The first-order valence-corrected chi connectivity index (χ1v) is 7.74. The minimum Gasteiger partial charge on any atom is -0.384 e. The molecule has 0 aromatic heterocycles. The first-order valence-electron chi connectivity index (χ1n) is 6.95. The number of nitrogens with one attached hydrogen (secondary N) is 1. The van der Waals surface area contributed by atoms with Crippen molar-refractivity contribution in [2.45, 2.75) is 32.7 Å². The molecular weight excluding hydrogens is 318 g/mol. The van der Waals surface area contributed by atoms with E-state index in [9.17, 15) is 0 Å². The molecule has 0 aliphatic carbocycles. The summed E-state index contributed by atoms with van der Waals surface area (Å²) in [6.45, 7) is 5.80. The molecule has 1 rings (SSSR count). The highest BCUT2D eigenvalue weighted by Gasteiger charge is 2.20. The highest BCUT2D eigenvalue weighted by molar-refractivity contribution is 9.10. The molecule has 0 aliphatic rings. The molecule has 0 amide bonds. The maximum absolute atomic E-state index is 7.83. The zero-order valence-electron chi connectivity index (χ0n) is 12.4. The van der Waals surface area contributed by atoms with Gasteiger partial charge < -0.3 is 15.4 Å². The molecule has 0 radical (unpaired) electrons. The average Bonchev–Trinajstić information content (AvgIpc) is 2.42. The maximum Gasteiger partial charge on any atom is 0.126 e. The molecule has 5 heteroatoms. The normalized spacial score (nSPS) is 10.8. The van der Waals surface area contributed by atoms with E-state index in [1.807, 2.05) is 18.2 Å². The number of halogens is 1. The van der Waals surface area contributed by atoms with E-state index in [1.54, 1.807) is 7.11 Å². The maximum atomic E-state index is 7.83. The lowest BCUT2D eigenvalue weighted by Crippen LogP contribution is -2.38. The van der Waals surface area contributed by atoms with Crippen LogP contribution in [0.15, 0.2) is 22.7 Å². The largest absolute Gasteiger partial charge is 0.384 e. The van der Waals surface area contributed by atoms with Crippen LogP contribution in [0.5, 0.6) is 0 Å². The second kappa shape index (κ2) is 8.27. The highest BCUT2D eigenvalue weighted by Crippen LogP contribution is 2.30. The van der Waals surface area contributed by atoms with Crippen molar-refractivity contribution in [2.75, 3.05) is 25.2 Å².